The lowest BCUT2D eigenvalue weighted by Crippen LogP contribution is -2.31. The van der Waals surface area contributed by atoms with E-state index in [0.29, 0.717) is 5.92 Å². The van der Waals surface area contributed by atoms with Crippen LogP contribution in [0.15, 0.2) is 18.2 Å². The van der Waals surface area contributed by atoms with E-state index in [0.717, 1.165) is 36.3 Å². The molecule has 3 heteroatoms. The molecule has 1 saturated heterocycles. The van der Waals surface area contributed by atoms with E-state index in [-0.39, 0.29) is 11.3 Å². The summed E-state index contributed by atoms with van der Waals surface area (Å²) in [6.45, 7) is 10.6. The lowest BCUT2D eigenvalue weighted by Gasteiger charge is -2.27. The summed E-state index contributed by atoms with van der Waals surface area (Å²) in [6, 6.07) is 5.94. The molecule has 0 aromatic heterocycles. The zero-order chi connectivity index (χ0) is 14.9. The van der Waals surface area contributed by atoms with Gasteiger partial charge in [0.15, 0.2) is 0 Å². The lowest BCUT2D eigenvalue weighted by atomic mass is 9.80. The number of benzene rings is 1. The number of hydrogen-bond acceptors (Lipinski definition) is 2. The highest BCUT2D eigenvalue weighted by molar-refractivity contribution is 5.96. The first-order valence-corrected chi connectivity index (χ1v) is 7.40. The van der Waals surface area contributed by atoms with Crippen LogP contribution in [0.5, 0.6) is 0 Å². The van der Waals surface area contributed by atoms with Crippen molar-refractivity contribution in [3.8, 4) is 0 Å². The van der Waals surface area contributed by atoms with E-state index in [4.69, 9.17) is 0 Å². The van der Waals surface area contributed by atoms with Gasteiger partial charge in [-0.2, -0.15) is 0 Å². The van der Waals surface area contributed by atoms with Crippen LogP contribution in [0.4, 0.5) is 5.69 Å². The third kappa shape index (κ3) is 2.97. The van der Waals surface area contributed by atoms with E-state index < -0.39 is 0 Å². The molecular formula is C17H26N2O. The molecule has 1 N–H and O–H groups in total. The zero-order valence-corrected chi connectivity index (χ0v) is 13.3. The molecule has 0 bridgehead atoms. The number of likely N-dealkylation sites (tertiary alicyclic amines) is 1. The Kier molecular flexibility index (Phi) is 4.07. The first kappa shape index (κ1) is 14.9. The van der Waals surface area contributed by atoms with Crippen molar-refractivity contribution in [2.24, 2.45) is 11.3 Å². The van der Waals surface area contributed by atoms with Gasteiger partial charge in [-0.3, -0.25) is 4.79 Å². The van der Waals surface area contributed by atoms with Crippen LogP contribution in [0, 0.1) is 18.3 Å². The first-order chi connectivity index (χ1) is 9.32. The van der Waals surface area contributed by atoms with E-state index in [2.05, 4.69) is 26.1 Å². The highest BCUT2D eigenvalue weighted by Gasteiger charge is 2.34. The molecule has 20 heavy (non-hydrogen) atoms. The molecule has 1 aromatic carbocycles. The number of anilines is 1. The van der Waals surface area contributed by atoms with Crippen molar-refractivity contribution in [3.05, 3.63) is 29.3 Å². The lowest BCUT2D eigenvalue weighted by molar-refractivity contribution is 0.0776. The molecule has 1 aliphatic heterocycles. The van der Waals surface area contributed by atoms with Gasteiger partial charge in [0, 0.05) is 31.4 Å². The predicted molar refractivity (Wildman–Crippen MR) is 84.2 cm³/mol. The molecule has 1 atom stereocenters. The molecule has 1 aromatic rings. The first-order valence-electron chi connectivity index (χ1n) is 7.40. The summed E-state index contributed by atoms with van der Waals surface area (Å²) in [5.41, 5.74) is 3.20. The predicted octanol–water partition coefficient (Wildman–Crippen LogP) is 3.54. The van der Waals surface area contributed by atoms with E-state index in [9.17, 15) is 4.79 Å². The minimum atomic E-state index is 0.178. The average Bonchev–Trinajstić information content (AvgIpc) is 2.87. The number of amides is 1. The number of hydrogen-bond donors (Lipinski definition) is 1. The molecule has 1 fully saturated rings. The normalized spacial score (nSPS) is 19.2. The maximum atomic E-state index is 12.6. The van der Waals surface area contributed by atoms with Crippen molar-refractivity contribution in [1.29, 1.82) is 0 Å². The van der Waals surface area contributed by atoms with Crippen LogP contribution in [0.2, 0.25) is 0 Å². The summed E-state index contributed by atoms with van der Waals surface area (Å²) in [6.07, 6.45) is 1.11. The van der Waals surface area contributed by atoms with E-state index in [1.165, 1.54) is 0 Å². The zero-order valence-electron chi connectivity index (χ0n) is 13.3. The maximum absolute atomic E-state index is 12.6. The SMILES string of the molecule is CNc1ccc(C(=O)N2CCC(C(C)(C)C)C2)c(C)c1. The van der Waals surface area contributed by atoms with E-state index in [1.807, 2.05) is 37.1 Å². The summed E-state index contributed by atoms with van der Waals surface area (Å²) in [7, 11) is 1.89. The molecule has 110 valence electrons. The quantitative estimate of drug-likeness (QED) is 0.894. The van der Waals surface area contributed by atoms with Crippen molar-refractivity contribution in [1.82, 2.24) is 4.90 Å². The Bertz CT molecular complexity index is 502. The number of aryl methyl sites for hydroxylation is 1. The minimum absolute atomic E-state index is 0.178. The summed E-state index contributed by atoms with van der Waals surface area (Å²) in [5.74, 6) is 0.778. The highest BCUT2D eigenvalue weighted by Crippen LogP contribution is 2.34. The molecule has 2 rings (SSSR count). The van der Waals surface area contributed by atoms with Crippen molar-refractivity contribution in [2.45, 2.75) is 34.1 Å². The van der Waals surface area contributed by atoms with Crippen LogP contribution in [0.3, 0.4) is 0 Å². The van der Waals surface area contributed by atoms with Gasteiger partial charge in [-0.1, -0.05) is 20.8 Å². The maximum Gasteiger partial charge on any atom is 0.254 e. The second-order valence-corrected chi connectivity index (χ2v) is 6.88. The van der Waals surface area contributed by atoms with Crippen molar-refractivity contribution in [3.63, 3.8) is 0 Å². The number of nitrogens with zero attached hydrogens (tertiary/aromatic N) is 1. The fourth-order valence-electron chi connectivity index (χ4n) is 2.88. The molecule has 1 aliphatic rings. The van der Waals surface area contributed by atoms with E-state index in [1.54, 1.807) is 0 Å². The van der Waals surface area contributed by atoms with Crippen LogP contribution < -0.4 is 5.32 Å². The molecule has 0 saturated carbocycles. The Labute approximate surface area is 122 Å². The van der Waals surface area contributed by atoms with Gasteiger partial charge >= 0.3 is 0 Å². The van der Waals surface area contributed by atoms with Gasteiger partial charge in [0.25, 0.3) is 5.91 Å². The Morgan fingerprint density at radius 3 is 2.55 bits per heavy atom. The Balaban J connectivity index is 2.13. The third-order valence-corrected chi connectivity index (χ3v) is 4.45. The Morgan fingerprint density at radius 2 is 2.05 bits per heavy atom. The summed E-state index contributed by atoms with van der Waals surface area (Å²) < 4.78 is 0. The van der Waals surface area contributed by atoms with Gasteiger partial charge in [0.05, 0.1) is 0 Å². The van der Waals surface area contributed by atoms with Crippen molar-refractivity contribution < 1.29 is 4.79 Å². The van der Waals surface area contributed by atoms with Gasteiger partial charge in [0.2, 0.25) is 0 Å². The average molecular weight is 274 g/mol. The molecule has 0 spiro atoms. The molecular weight excluding hydrogens is 248 g/mol. The van der Waals surface area contributed by atoms with Crippen molar-refractivity contribution >= 4 is 11.6 Å². The number of rotatable bonds is 2. The van der Waals surface area contributed by atoms with Gasteiger partial charge in [-0.15, -0.1) is 0 Å². The Hall–Kier alpha value is -1.51. The topological polar surface area (TPSA) is 32.3 Å². The van der Waals surface area contributed by atoms with E-state index >= 15 is 0 Å². The highest BCUT2D eigenvalue weighted by atomic mass is 16.2. The standard InChI is InChI=1S/C17H26N2O/c1-12-10-14(18-5)6-7-15(12)16(20)19-9-8-13(11-19)17(2,3)4/h6-7,10,13,18H,8-9,11H2,1-5H3. The van der Waals surface area contributed by atoms with Crippen LogP contribution >= 0.6 is 0 Å². The van der Waals surface area contributed by atoms with Crippen LogP contribution in [0.1, 0.15) is 43.1 Å². The second kappa shape index (κ2) is 5.47. The Morgan fingerprint density at radius 1 is 1.35 bits per heavy atom. The number of carbonyl (C=O) groups is 1. The smallest absolute Gasteiger partial charge is 0.254 e. The molecule has 1 unspecified atom stereocenters. The number of nitrogens with one attached hydrogen (secondary N) is 1. The van der Waals surface area contributed by atoms with Gasteiger partial charge in [-0.05, 0) is 48.4 Å². The third-order valence-electron chi connectivity index (χ3n) is 4.45. The fraction of sp³-hybridized carbons (Fsp3) is 0.588. The van der Waals surface area contributed by atoms with Gasteiger partial charge in [-0.25, -0.2) is 0 Å². The largest absolute Gasteiger partial charge is 0.388 e. The molecule has 1 heterocycles. The number of carbonyl (C=O) groups excluding carboxylic acids is 1. The summed E-state index contributed by atoms with van der Waals surface area (Å²) >= 11 is 0. The van der Waals surface area contributed by atoms with Crippen LogP contribution in [-0.2, 0) is 0 Å². The van der Waals surface area contributed by atoms with Crippen LogP contribution in [0.25, 0.3) is 0 Å². The minimum Gasteiger partial charge on any atom is -0.388 e. The molecule has 0 aliphatic carbocycles. The molecule has 3 nitrogen and oxygen atoms in total. The van der Waals surface area contributed by atoms with Gasteiger partial charge in [0.1, 0.15) is 0 Å². The second-order valence-electron chi connectivity index (χ2n) is 6.88. The monoisotopic (exact) mass is 274 g/mol. The summed E-state index contributed by atoms with van der Waals surface area (Å²) in [5, 5.41) is 3.11. The van der Waals surface area contributed by atoms with Crippen LogP contribution in [-0.4, -0.2) is 30.9 Å². The fourth-order valence-corrected chi connectivity index (χ4v) is 2.88. The van der Waals surface area contributed by atoms with Gasteiger partial charge < -0.3 is 10.2 Å². The summed E-state index contributed by atoms with van der Waals surface area (Å²) in [4.78, 5) is 14.7. The molecule has 0 radical (unpaired) electrons. The van der Waals surface area contributed by atoms with Crippen molar-refractivity contribution in [2.75, 3.05) is 25.5 Å². The molecule has 1 amide bonds.